The van der Waals surface area contributed by atoms with Crippen molar-refractivity contribution < 1.29 is 9.53 Å². The van der Waals surface area contributed by atoms with Crippen LogP contribution in [0, 0.1) is 6.92 Å². The van der Waals surface area contributed by atoms with Crippen LogP contribution in [0.15, 0.2) is 29.1 Å². The number of hydrogen-bond donors (Lipinski definition) is 4. The largest absolute Gasteiger partial charge is 0.497 e. The number of pyridine rings is 1. The summed E-state index contributed by atoms with van der Waals surface area (Å²) in [7, 11) is 1.60. The van der Waals surface area contributed by atoms with E-state index in [4.69, 9.17) is 4.74 Å². The number of benzene rings is 1. The smallest absolute Gasteiger partial charge is 0.340 e. The Morgan fingerprint density at radius 1 is 1.32 bits per heavy atom. The van der Waals surface area contributed by atoms with Crippen LogP contribution in [0.2, 0.25) is 0 Å². The zero-order valence-corrected chi connectivity index (χ0v) is 13.8. The summed E-state index contributed by atoms with van der Waals surface area (Å²) >= 11 is 0. The van der Waals surface area contributed by atoms with Crippen LogP contribution in [0.5, 0.6) is 5.75 Å². The van der Waals surface area contributed by atoms with Crippen LogP contribution in [-0.4, -0.2) is 33.2 Å². The van der Waals surface area contributed by atoms with E-state index in [0.717, 1.165) is 16.5 Å². The van der Waals surface area contributed by atoms with E-state index in [1.165, 1.54) is 0 Å². The quantitative estimate of drug-likeness (QED) is 0.496. The van der Waals surface area contributed by atoms with Crippen molar-refractivity contribution in [1.82, 2.24) is 25.6 Å². The molecule has 0 unspecified atom stereocenters. The van der Waals surface area contributed by atoms with E-state index in [9.17, 15) is 9.59 Å². The molecule has 0 spiro atoms. The molecule has 1 aromatic carbocycles. The second kappa shape index (κ2) is 7.04. The summed E-state index contributed by atoms with van der Waals surface area (Å²) in [4.78, 5) is 29.8. The summed E-state index contributed by atoms with van der Waals surface area (Å²) in [5.41, 5.74) is 6.79. The molecule has 3 rings (SSSR count). The van der Waals surface area contributed by atoms with Gasteiger partial charge in [0.2, 0.25) is 5.91 Å². The highest BCUT2D eigenvalue weighted by atomic mass is 16.5. The van der Waals surface area contributed by atoms with Crippen molar-refractivity contribution in [2.45, 2.75) is 19.8 Å². The van der Waals surface area contributed by atoms with Crippen molar-refractivity contribution in [2.24, 2.45) is 0 Å². The van der Waals surface area contributed by atoms with Gasteiger partial charge in [0.25, 0.3) is 0 Å². The number of amides is 1. The van der Waals surface area contributed by atoms with Gasteiger partial charge in [0.15, 0.2) is 0 Å². The molecule has 130 valence electrons. The molecule has 0 aliphatic heterocycles. The summed E-state index contributed by atoms with van der Waals surface area (Å²) in [6.07, 6.45) is 0.502. The number of nitrogens with one attached hydrogen (secondary N) is 4. The molecule has 0 radical (unpaired) electrons. The summed E-state index contributed by atoms with van der Waals surface area (Å²) in [6.45, 7) is 1.97. The van der Waals surface area contributed by atoms with Crippen molar-refractivity contribution in [3.8, 4) is 5.75 Å². The topological polar surface area (TPSA) is 125 Å². The molecule has 3 aromatic rings. The number of aromatic nitrogens is 4. The Labute approximate surface area is 142 Å². The normalized spacial score (nSPS) is 10.6. The minimum absolute atomic E-state index is 0.175. The fourth-order valence-electron chi connectivity index (χ4n) is 2.43. The van der Waals surface area contributed by atoms with Crippen molar-refractivity contribution in [3.63, 3.8) is 0 Å². The van der Waals surface area contributed by atoms with E-state index < -0.39 is 0 Å². The number of ether oxygens (including phenoxy) is 1. The van der Waals surface area contributed by atoms with Crippen LogP contribution in [-0.2, 0) is 11.2 Å². The molecule has 9 nitrogen and oxygen atoms in total. The second-order valence-electron chi connectivity index (χ2n) is 5.51. The molecular formula is C16H18N6O3. The number of H-pyrrole nitrogens is 2. The highest BCUT2D eigenvalue weighted by molar-refractivity contribution is 5.85. The first-order valence-corrected chi connectivity index (χ1v) is 7.69. The Morgan fingerprint density at radius 2 is 2.16 bits per heavy atom. The molecule has 4 N–H and O–H groups in total. The predicted molar refractivity (Wildman–Crippen MR) is 92.3 cm³/mol. The van der Waals surface area contributed by atoms with Gasteiger partial charge < -0.3 is 4.74 Å². The van der Waals surface area contributed by atoms with Crippen molar-refractivity contribution in [3.05, 3.63) is 46.1 Å². The third-order valence-electron chi connectivity index (χ3n) is 3.69. The highest BCUT2D eigenvalue weighted by Crippen LogP contribution is 2.24. The van der Waals surface area contributed by atoms with Gasteiger partial charge in [0, 0.05) is 24.3 Å². The summed E-state index contributed by atoms with van der Waals surface area (Å²) < 4.78 is 5.21. The number of methoxy groups -OCH3 is 1. The molecule has 1 amide bonds. The van der Waals surface area contributed by atoms with Crippen LogP contribution < -0.4 is 21.3 Å². The van der Waals surface area contributed by atoms with E-state index in [2.05, 4.69) is 31.0 Å². The maximum absolute atomic E-state index is 11.9. The summed E-state index contributed by atoms with van der Waals surface area (Å²) in [5, 5.41) is 7.02. The first kappa shape index (κ1) is 16.5. The lowest BCUT2D eigenvalue weighted by atomic mass is 10.1. The number of hydrazine groups is 1. The number of carbonyl (C=O) groups excluding carboxylic acids is 1. The Bertz CT molecular complexity index is 962. The van der Waals surface area contributed by atoms with E-state index in [0.29, 0.717) is 23.8 Å². The Balaban J connectivity index is 1.63. The van der Waals surface area contributed by atoms with Gasteiger partial charge in [0.05, 0.1) is 12.6 Å². The molecule has 0 fully saturated rings. The summed E-state index contributed by atoms with van der Waals surface area (Å²) in [5.74, 6) is 1.44. The van der Waals surface area contributed by atoms with Crippen LogP contribution in [0.4, 0.5) is 5.82 Å². The van der Waals surface area contributed by atoms with Crippen molar-refractivity contribution in [1.29, 1.82) is 0 Å². The molecule has 0 aliphatic rings. The molecule has 0 aliphatic carbocycles. The zero-order valence-electron chi connectivity index (χ0n) is 13.8. The molecule has 0 saturated heterocycles. The van der Waals surface area contributed by atoms with Gasteiger partial charge in [0.1, 0.15) is 17.4 Å². The van der Waals surface area contributed by atoms with E-state index in [1.807, 2.05) is 31.2 Å². The fourth-order valence-corrected chi connectivity index (χ4v) is 2.43. The number of aryl methyl sites for hydroxylation is 2. The molecule has 2 aromatic heterocycles. The van der Waals surface area contributed by atoms with Gasteiger partial charge >= 0.3 is 5.69 Å². The average Bonchev–Trinajstić information content (AvgIpc) is 3.03. The Kier molecular flexibility index (Phi) is 4.64. The molecule has 9 heteroatoms. The Hall–Kier alpha value is -3.36. The number of nitrogens with zero attached hydrogens (tertiary/aromatic N) is 2. The van der Waals surface area contributed by atoms with Crippen LogP contribution in [0.25, 0.3) is 10.9 Å². The van der Waals surface area contributed by atoms with Crippen molar-refractivity contribution in [2.75, 3.05) is 12.5 Å². The Morgan fingerprint density at radius 3 is 2.88 bits per heavy atom. The molecule has 25 heavy (non-hydrogen) atoms. The lowest BCUT2D eigenvalue weighted by molar-refractivity contribution is -0.120. The standard InChI is InChI=1S/C16H18N6O3/c1-9-7-14(17-12-8-10(25-2)3-4-11(9)12)20-21-15(23)6-5-13-18-16(24)22-19-13/h3-4,7-8H,5-6H2,1-2H3,(H,17,20)(H,21,23)(H2,18,19,22,24). The van der Waals surface area contributed by atoms with Gasteiger partial charge in [-0.3, -0.25) is 20.6 Å². The lowest BCUT2D eigenvalue weighted by Gasteiger charge is -2.11. The molecule has 2 heterocycles. The lowest BCUT2D eigenvalue weighted by Crippen LogP contribution is -2.30. The maximum Gasteiger partial charge on any atom is 0.340 e. The van der Waals surface area contributed by atoms with Crippen LogP contribution >= 0.6 is 0 Å². The van der Waals surface area contributed by atoms with E-state index in [1.54, 1.807) is 7.11 Å². The van der Waals surface area contributed by atoms with Gasteiger partial charge in [-0.2, -0.15) is 5.10 Å². The summed E-state index contributed by atoms with van der Waals surface area (Å²) in [6, 6.07) is 7.51. The molecule has 0 atom stereocenters. The van der Waals surface area contributed by atoms with E-state index in [-0.39, 0.29) is 18.0 Å². The average molecular weight is 342 g/mol. The zero-order chi connectivity index (χ0) is 17.8. The monoisotopic (exact) mass is 342 g/mol. The van der Waals surface area contributed by atoms with Gasteiger partial charge in [-0.05, 0) is 30.7 Å². The molecule has 0 bridgehead atoms. The first-order chi connectivity index (χ1) is 12.0. The first-order valence-electron chi connectivity index (χ1n) is 7.69. The number of anilines is 1. The number of fused-ring (bicyclic) bond motifs is 1. The minimum atomic E-state index is -0.389. The molecule has 0 saturated carbocycles. The third kappa shape index (κ3) is 3.94. The number of hydrogen-bond acceptors (Lipinski definition) is 6. The SMILES string of the molecule is COc1ccc2c(C)cc(NNC(=O)CCc3n[nH]c(=O)[nH]3)nc2c1. The number of aromatic amines is 2. The van der Waals surface area contributed by atoms with Gasteiger partial charge in [-0.15, -0.1) is 0 Å². The van der Waals surface area contributed by atoms with Gasteiger partial charge in [-0.1, -0.05) is 0 Å². The number of rotatable bonds is 6. The minimum Gasteiger partial charge on any atom is -0.497 e. The molecular weight excluding hydrogens is 324 g/mol. The van der Waals surface area contributed by atoms with Crippen molar-refractivity contribution >= 4 is 22.6 Å². The highest BCUT2D eigenvalue weighted by Gasteiger charge is 2.07. The predicted octanol–water partition coefficient (Wildman–Crippen LogP) is 1.04. The second-order valence-corrected chi connectivity index (χ2v) is 5.51. The van der Waals surface area contributed by atoms with Gasteiger partial charge in [-0.25, -0.2) is 14.9 Å². The van der Waals surface area contributed by atoms with Crippen LogP contribution in [0.1, 0.15) is 17.8 Å². The third-order valence-corrected chi connectivity index (χ3v) is 3.69. The number of carbonyl (C=O) groups is 1. The van der Waals surface area contributed by atoms with Crippen LogP contribution in [0.3, 0.4) is 0 Å². The van der Waals surface area contributed by atoms with E-state index >= 15 is 0 Å². The maximum atomic E-state index is 11.9. The fraction of sp³-hybridized carbons (Fsp3) is 0.250.